The van der Waals surface area contributed by atoms with Crippen molar-refractivity contribution < 1.29 is 19.4 Å². The second-order valence-electron chi connectivity index (χ2n) is 6.14. The SMILES string of the molecule is Cc1cccc(C)c1C(C(=O)O)N(C)C(=O)OC(C)(C)C. The van der Waals surface area contributed by atoms with E-state index in [1.54, 1.807) is 20.8 Å². The van der Waals surface area contributed by atoms with E-state index in [1.165, 1.54) is 7.05 Å². The molecule has 5 heteroatoms. The molecule has 0 bridgehead atoms. The number of ether oxygens (including phenoxy) is 1. The number of aryl methyl sites for hydroxylation is 2. The van der Waals surface area contributed by atoms with E-state index >= 15 is 0 Å². The summed E-state index contributed by atoms with van der Waals surface area (Å²) < 4.78 is 5.26. The third-order valence-electron chi connectivity index (χ3n) is 3.12. The Hall–Kier alpha value is -2.04. The molecule has 0 aliphatic heterocycles. The van der Waals surface area contributed by atoms with Gasteiger partial charge in [-0.25, -0.2) is 9.59 Å². The third-order valence-corrected chi connectivity index (χ3v) is 3.12. The van der Waals surface area contributed by atoms with Crippen LogP contribution in [0, 0.1) is 13.8 Å². The minimum Gasteiger partial charge on any atom is -0.479 e. The second kappa shape index (κ2) is 6.16. The zero-order chi connectivity index (χ0) is 16.4. The van der Waals surface area contributed by atoms with Crippen LogP contribution in [0.1, 0.15) is 43.5 Å². The molecule has 0 aliphatic carbocycles. The molecule has 0 aliphatic rings. The smallest absolute Gasteiger partial charge is 0.411 e. The van der Waals surface area contributed by atoms with E-state index in [-0.39, 0.29) is 0 Å². The summed E-state index contributed by atoms with van der Waals surface area (Å²) in [4.78, 5) is 24.9. The van der Waals surface area contributed by atoms with Gasteiger partial charge in [0.25, 0.3) is 0 Å². The number of carboxylic acid groups (broad SMARTS) is 1. The predicted molar refractivity (Wildman–Crippen MR) is 80.3 cm³/mol. The lowest BCUT2D eigenvalue weighted by atomic mass is 9.95. The Morgan fingerprint density at radius 2 is 1.67 bits per heavy atom. The van der Waals surface area contributed by atoms with Gasteiger partial charge in [0.15, 0.2) is 6.04 Å². The predicted octanol–water partition coefficient (Wildman–Crippen LogP) is 3.30. The molecule has 5 nitrogen and oxygen atoms in total. The van der Waals surface area contributed by atoms with Gasteiger partial charge in [0.1, 0.15) is 5.60 Å². The fourth-order valence-electron chi connectivity index (χ4n) is 2.18. The van der Waals surface area contributed by atoms with Gasteiger partial charge in [-0.2, -0.15) is 0 Å². The van der Waals surface area contributed by atoms with E-state index in [1.807, 2.05) is 32.0 Å². The van der Waals surface area contributed by atoms with Crippen molar-refractivity contribution in [1.82, 2.24) is 4.90 Å². The highest BCUT2D eigenvalue weighted by Gasteiger charge is 2.33. The van der Waals surface area contributed by atoms with Crippen molar-refractivity contribution in [2.45, 2.75) is 46.3 Å². The summed E-state index contributed by atoms with van der Waals surface area (Å²) >= 11 is 0. The number of hydrogen-bond donors (Lipinski definition) is 1. The van der Waals surface area contributed by atoms with Crippen LogP contribution in [0.3, 0.4) is 0 Å². The summed E-state index contributed by atoms with van der Waals surface area (Å²) in [5.74, 6) is -1.08. The average molecular weight is 293 g/mol. The van der Waals surface area contributed by atoms with Crippen LogP contribution in [0.4, 0.5) is 4.79 Å². The normalized spacial score (nSPS) is 12.7. The van der Waals surface area contributed by atoms with Gasteiger partial charge in [0.2, 0.25) is 0 Å². The van der Waals surface area contributed by atoms with Crippen molar-refractivity contribution in [3.8, 4) is 0 Å². The van der Waals surface area contributed by atoms with Crippen LogP contribution >= 0.6 is 0 Å². The van der Waals surface area contributed by atoms with Crippen LogP contribution in [-0.4, -0.2) is 34.7 Å². The Kier molecular flexibility index (Phi) is 4.99. The summed E-state index contributed by atoms with van der Waals surface area (Å²) in [6.07, 6.45) is -0.655. The number of carbonyl (C=O) groups excluding carboxylic acids is 1. The highest BCUT2D eigenvalue weighted by atomic mass is 16.6. The highest BCUT2D eigenvalue weighted by Crippen LogP contribution is 2.27. The number of likely N-dealkylation sites (N-methyl/N-ethyl adjacent to an activating group) is 1. The summed E-state index contributed by atoms with van der Waals surface area (Å²) in [6, 6.07) is 4.46. The lowest BCUT2D eigenvalue weighted by Gasteiger charge is -2.30. The van der Waals surface area contributed by atoms with Crippen molar-refractivity contribution in [1.29, 1.82) is 0 Å². The third kappa shape index (κ3) is 4.21. The van der Waals surface area contributed by atoms with Crippen LogP contribution in [0.15, 0.2) is 18.2 Å². The monoisotopic (exact) mass is 293 g/mol. The highest BCUT2D eigenvalue weighted by molar-refractivity contribution is 5.82. The number of rotatable bonds is 3. The number of carbonyl (C=O) groups is 2. The van der Waals surface area contributed by atoms with Gasteiger partial charge in [0.05, 0.1) is 0 Å². The minimum absolute atomic E-state index is 0.623. The van der Waals surface area contributed by atoms with Crippen molar-refractivity contribution in [2.24, 2.45) is 0 Å². The number of benzene rings is 1. The van der Waals surface area contributed by atoms with Gasteiger partial charge in [-0.15, -0.1) is 0 Å². The topological polar surface area (TPSA) is 66.8 Å². The number of nitrogens with zero attached hydrogens (tertiary/aromatic N) is 1. The molecule has 1 atom stereocenters. The number of amides is 1. The standard InChI is InChI=1S/C16H23NO4/c1-10-8-7-9-11(2)12(10)13(14(18)19)17(6)15(20)21-16(3,4)5/h7-9,13H,1-6H3,(H,18,19). The molecule has 0 fully saturated rings. The molecule has 0 saturated heterocycles. The first-order chi connectivity index (χ1) is 9.54. The second-order valence-corrected chi connectivity index (χ2v) is 6.14. The lowest BCUT2D eigenvalue weighted by Crippen LogP contribution is -2.40. The Morgan fingerprint density at radius 1 is 1.19 bits per heavy atom. The van der Waals surface area contributed by atoms with Crippen LogP contribution in [-0.2, 0) is 9.53 Å². The molecule has 1 aromatic carbocycles. The summed E-state index contributed by atoms with van der Waals surface area (Å²) in [7, 11) is 1.44. The number of aliphatic carboxylic acids is 1. The quantitative estimate of drug-likeness (QED) is 0.928. The van der Waals surface area contributed by atoms with Crippen LogP contribution in [0.5, 0.6) is 0 Å². The molecule has 21 heavy (non-hydrogen) atoms. The molecule has 1 unspecified atom stereocenters. The van der Waals surface area contributed by atoms with E-state index in [9.17, 15) is 14.7 Å². The molecule has 116 valence electrons. The minimum atomic E-state index is -1.08. The molecule has 1 aromatic rings. The van der Waals surface area contributed by atoms with Crippen molar-refractivity contribution in [3.63, 3.8) is 0 Å². The molecular weight excluding hydrogens is 270 g/mol. The summed E-state index contributed by atoms with van der Waals surface area (Å²) in [5.41, 5.74) is 1.61. The fraction of sp³-hybridized carbons (Fsp3) is 0.500. The maximum absolute atomic E-state index is 12.1. The van der Waals surface area contributed by atoms with Crippen molar-refractivity contribution in [3.05, 3.63) is 34.9 Å². The molecule has 0 radical (unpaired) electrons. The fourth-order valence-corrected chi connectivity index (χ4v) is 2.18. The Labute approximate surface area is 125 Å². The zero-order valence-electron chi connectivity index (χ0n) is 13.4. The van der Waals surface area contributed by atoms with Crippen LogP contribution < -0.4 is 0 Å². The summed E-state index contributed by atoms with van der Waals surface area (Å²) in [5, 5.41) is 9.54. The van der Waals surface area contributed by atoms with Gasteiger partial charge in [-0.05, 0) is 51.3 Å². The first kappa shape index (κ1) is 17.0. The molecule has 1 N–H and O–H groups in total. The molecule has 0 saturated carbocycles. The Balaban J connectivity index is 3.19. The van der Waals surface area contributed by atoms with Gasteiger partial charge in [0, 0.05) is 7.05 Å². The molecule has 0 spiro atoms. The van der Waals surface area contributed by atoms with Gasteiger partial charge in [-0.3, -0.25) is 4.90 Å². The van der Waals surface area contributed by atoms with Crippen LogP contribution in [0.2, 0.25) is 0 Å². The summed E-state index contributed by atoms with van der Waals surface area (Å²) in [6.45, 7) is 8.90. The largest absolute Gasteiger partial charge is 0.479 e. The average Bonchev–Trinajstić information content (AvgIpc) is 2.30. The maximum Gasteiger partial charge on any atom is 0.411 e. The van der Waals surface area contributed by atoms with E-state index in [4.69, 9.17) is 4.74 Å². The van der Waals surface area contributed by atoms with Crippen molar-refractivity contribution in [2.75, 3.05) is 7.05 Å². The zero-order valence-corrected chi connectivity index (χ0v) is 13.4. The molecule has 1 amide bonds. The van der Waals surface area contributed by atoms with E-state index in [2.05, 4.69) is 0 Å². The van der Waals surface area contributed by atoms with Crippen molar-refractivity contribution >= 4 is 12.1 Å². The molecular formula is C16H23NO4. The van der Waals surface area contributed by atoms with E-state index in [0.29, 0.717) is 5.56 Å². The molecule has 0 heterocycles. The van der Waals surface area contributed by atoms with Crippen LogP contribution in [0.25, 0.3) is 0 Å². The van der Waals surface area contributed by atoms with E-state index in [0.717, 1.165) is 16.0 Å². The van der Waals surface area contributed by atoms with Gasteiger partial charge < -0.3 is 9.84 Å². The van der Waals surface area contributed by atoms with E-state index < -0.39 is 23.7 Å². The van der Waals surface area contributed by atoms with Gasteiger partial charge >= 0.3 is 12.1 Å². The Morgan fingerprint density at radius 3 is 2.05 bits per heavy atom. The first-order valence-corrected chi connectivity index (χ1v) is 6.79. The molecule has 0 aromatic heterocycles. The Bertz CT molecular complexity index is 525. The number of hydrogen-bond acceptors (Lipinski definition) is 3. The molecule has 1 rings (SSSR count). The first-order valence-electron chi connectivity index (χ1n) is 6.79. The van der Waals surface area contributed by atoms with Gasteiger partial charge in [-0.1, -0.05) is 18.2 Å². The maximum atomic E-state index is 12.1. The number of carboxylic acids is 1. The lowest BCUT2D eigenvalue weighted by molar-refractivity contribution is -0.143.